The first-order chi connectivity index (χ1) is 14.0. The highest BCUT2D eigenvalue weighted by atomic mass is 16.5. The van der Waals surface area contributed by atoms with Gasteiger partial charge in [-0.15, -0.1) is 0 Å². The lowest BCUT2D eigenvalue weighted by molar-refractivity contribution is -0.122. The summed E-state index contributed by atoms with van der Waals surface area (Å²) in [5.74, 6) is -0.485. The summed E-state index contributed by atoms with van der Waals surface area (Å²) >= 11 is 0. The largest absolute Gasteiger partial charge is 0.491 e. The predicted molar refractivity (Wildman–Crippen MR) is 108 cm³/mol. The SMILES string of the molecule is Cn1cc(C2=C(c3cccc(OC[C@H](O)CO)c3)C(=O)NC2=O)c2ccccc21. The number of aromatic nitrogens is 1. The van der Waals surface area contributed by atoms with Crippen molar-refractivity contribution in [2.75, 3.05) is 13.2 Å². The second-order valence-corrected chi connectivity index (χ2v) is 6.88. The van der Waals surface area contributed by atoms with Gasteiger partial charge in [-0.1, -0.05) is 30.3 Å². The molecule has 0 unspecified atom stereocenters. The molecule has 0 bridgehead atoms. The van der Waals surface area contributed by atoms with E-state index in [2.05, 4.69) is 5.32 Å². The number of amides is 2. The predicted octanol–water partition coefficient (Wildman–Crippen LogP) is 1.48. The van der Waals surface area contributed by atoms with Crippen LogP contribution in [0.15, 0.2) is 54.7 Å². The zero-order valence-corrected chi connectivity index (χ0v) is 15.8. The number of nitrogens with zero attached hydrogens (tertiary/aromatic N) is 1. The van der Waals surface area contributed by atoms with E-state index < -0.39 is 24.5 Å². The summed E-state index contributed by atoms with van der Waals surface area (Å²) in [6, 6.07) is 14.4. The number of aliphatic hydroxyl groups is 2. The molecule has 29 heavy (non-hydrogen) atoms. The molecule has 1 atom stereocenters. The number of rotatable bonds is 6. The average molecular weight is 392 g/mol. The molecule has 0 spiro atoms. The Morgan fingerprint density at radius 1 is 1.07 bits per heavy atom. The van der Waals surface area contributed by atoms with E-state index in [0.29, 0.717) is 22.4 Å². The van der Waals surface area contributed by atoms with Crippen molar-refractivity contribution >= 4 is 33.9 Å². The zero-order valence-electron chi connectivity index (χ0n) is 15.8. The lowest BCUT2D eigenvalue weighted by Crippen LogP contribution is -2.22. The van der Waals surface area contributed by atoms with Gasteiger partial charge in [-0.3, -0.25) is 14.9 Å². The third-order valence-corrected chi connectivity index (χ3v) is 4.87. The summed E-state index contributed by atoms with van der Waals surface area (Å²) in [5.41, 5.74) is 2.77. The van der Waals surface area contributed by atoms with Crippen LogP contribution in [0.5, 0.6) is 5.75 Å². The lowest BCUT2D eigenvalue weighted by Gasteiger charge is -2.11. The Morgan fingerprint density at radius 3 is 2.62 bits per heavy atom. The number of ether oxygens (including phenoxy) is 1. The van der Waals surface area contributed by atoms with E-state index in [4.69, 9.17) is 9.84 Å². The van der Waals surface area contributed by atoms with E-state index in [1.165, 1.54) is 0 Å². The van der Waals surface area contributed by atoms with Gasteiger partial charge in [0.05, 0.1) is 17.8 Å². The number of para-hydroxylation sites is 1. The molecule has 4 rings (SSSR count). The Balaban J connectivity index is 1.83. The van der Waals surface area contributed by atoms with Gasteiger partial charge in [0.1, 0.15) is 18.5 Å². The Labute approximate surface area is 166 Å². The topological polar surface area (TPSA) is 101 Å². The summed E-state index contributed by atoms with van der Waals surface area (Å²) in [5, 5.41) is 21.7. The highest BCUT2D eigenvalue weighted by Crippen LogP contribution is 2.36. The van der Waals surface area contributed by atoms with Gasteiger partial charge in [-0.25, -0.2) is 0 Å². The van der Waals surface area contributed by atoms with Crippen molar-refractivity contribution in [3.8, 4) is 5.75 Å². The van der Waals surface area contributed by atoms with Crippen molar-refractivity contribution in [2.24, 2.45) is 7.05 Å². The molecule has 1 aliphatic rings. The number of aryl methyl sites for hydroxylation is 1. The van der Waals surface area contributed by atoms with Gasteiger partial charge in [-0.2, -0.15) is 0 Å². The molecule has 2 heterocycles. The minimum Gasteiger partial charge on any atom is -0.491 e. The highest BCUT2D eigenvalue weighted by Gasteiger charge is 2.33. The van der Waals surface area contributed by atoms with Gasteiger partial charge in [-0.05, 0) is 23.8 Å². The second kappa shape index (κ2) is 7.54. The van der Waals surface area contributed by atoms with Crippen LogP contribution in [0.2, 0.25) is 0 Å². The van der Waals surface area contributed by atoms with E-state index in [1.54, 1.807) is 24.3 Å². The van der Waals surface area contributed by atoms with Crippen LogP contribution in [0, 0.1) is 0 Å². The zero-order chi connectivity index (χ0) is 20.5. The molecule has 1 aromatic heterocycles. The number of benzene rings is 2. The summed E-state index contributed by atoms with van der Waals surface area (Å²) in [6.45, 7) is -0.493. The molecule has 2 amide bonds. The summed E-state index contributed by atoms with van der Waals surface area (Å²) in [4.78, 5) is 25.3. The maximum Gasteiger partial charge on any atom is 0.259 e. The fourth-order valence-electron chi connectivity index (χ4n) is 3.52. The molecule has 148 valence electrons. The van der Waals surface area contributed by atoms with Crippen LogP contribution in [0.25, 0.3) is 22.0 Å². The number of hydrogen-bond acceptors (Lipinski definition) is 5. The smallest absolute Gasteiger partial charge is 0.259 e. The quantitative estimate of drug-likeness (QED) is 0.552. The van der Waals surface area contributed by atoms with Gasteiger partial charge >= 0.3 is 0 Å². The number of imide groups is 1. The van der Waals surface area contributed by atoms with E-state index in [0.717, 1.165) is 10.9 Å². The molecule has 2 aromatic carbocycles. The second-order valence-electron chi connectivity index (χ2n) is 6.88. The number of hydrogen-bond donors (Lipinski definition) is 3. The van der Waals surface area contributed by atoms with Crippen LogP contribution < -0.4 is 10.1 Å². The number of carbonyl (C=O) groups is 2. The molecule has 7 nitrogen and oxygen atoms in total. The fraction of sp³-hybridized carbons (Fsp3) is 0.182. The molecule has 0 saturated heterocycles. The van der Waals surface area contributed by atoms with Crippen molar-refractivity contribution in [3.63, 3.8) is 0 Å². The normalized spacial score (nSPS) is 15.1. The molecular weight excluding hydrogens is 372 g/mol. The first-order valence-corrected chi connectivity index (χ1v) is 9.16. The number of carbonyl (C=O) groups excluding carboxylic acids is 2. The lowest BCUT2D eigenvalue weighted by atomic mass is 9.96. The minimum atomic E-state index is -1.000. The van der Waals surface area contributed by atoms with E-state index in [-0.39, 0.29) is 12.2 Å². The Hall–Kier alpha value is -3.42. The van der Waals surface area contributed by atoms with E-state index >= 15 is 0 Å². The number of fused-ring (bicyclic) bond motifs is 1. The third kappa shape index (κ3) is 3.41. The highest BCUT2D eigenvalue weighted by molar-refractivity contribution is 6.50. The van der Waals surface area contributed by atoms with Gasteiger partial charge in [0, 0.05) is 29.7 Å². The number of nitrogens with one attached hydrogen (secondary N) is 1. The van der Waals surface area contributed by atoms with E-state index in [1.807, 2.05) is 42.1 Å². The van der Waals surface area contributed by atoms with Crippen LogP contribution in [0.3, 0.4) is 0 Å². The number of aliphatic hydroxyl groups excluding tert-OH is 2. The van der Waals surface area contributed by atoms with Crippen molar-refractivity contribution in [3.05, 3.63) is 65.9 Å². The standard InChI is InChI=1S/C22H20N2O5/c1-24-10-17(16-7-2-3-8-18(16)24)20-19(21(27)23-22(20)28)13-5-4-6-15(9-13)29-12-14(26)11-25/h2-10,14,25-26H,11-12H2,1H3,(H,23,27,28)/t14-/m1/s1. The van der Waals surface area contributed by atoms with E-state index in [9.17, 15) is 14.7 Å². The maximum atomic E-state index is 12.7. The molecule has 7 heteroatoms. The van der Waals surface area contributed by atoms with Gasteiger partial charge < -0.3 is 19.5 Å². The van der Waals surface area contributed by atoms with Crippen molar-refractivity contribution in [2.45, 2.75) is 6.10 Å². The molecule has 0 fully saturated rings. The van der Waals surface area contributed by atoms with Gasteiger partial charge in [0.2, 0.25) is 0 Å². The molecule has 3 N–H and O–H groups in total. The third-order valence-electron chi connectivity index (χ3n) is 4.87. The van der Waals surface area contributed by atoms with Crippen molar-refractivity contribution in [1.29, 1.82) is 0 Å². The molecular formula is C22H20N2O5. The van der Waals surface area contributed by atoms with Crippen LogP contribution in [-0.4, -0.2) is 45.9 Å². The van der Waals surface area contributed by atoms with Gasteiger partial charge in [0.15, 0.2) is 0 Å². The first-order valence-electron chi connectivity index (χ1n) is 9.16. The summed E-state index contributed by atoms with van der Waals surface area (Å²) < 4.78 is 7.40. The van der Waals surface area contributed by atoms with Crippen molar-refractivity contribution in [1.82, 2.24) is 9.88 Å². The summed E-state index contributed by atoms with van der Waals surface area (Å²) in [6.07, 6.45) is 0.844. The fourth-order valence-corrected chi connectivity index (χ4v) is 3.52. The van der Waals surface area contributed by atoms with Crippen LogP contribution in [0.1, 0.15) is 11.1 Å². The Kier molecular flexibility index (Phi) is 4.92. The Morgan fingerprint density at radius 2 is 1.83 bits per heavy atom. The Bertz CT molecular complexity index is 1150. The maximum absolute atomic E-state index is 12.7. The molecule has 3 aromatic rings. The molecule has 0 saturated carbocycles. The summed E-state index contributed by atoms with van der Waals surface area (Å²) in [7, 11) is 1.89. The average Bonchev–Trinajstić information content (AvgIpc) is 3.21. The first kappa shape index (κ1) is 18.9. The molecule has 1 aliphatic heterocycles. The molecule has 0 radical (unpaired) electrons. The van der Waals surface area contributed by atoms with Crippen LogP contribution >= 0.6 is 0 Å². The van der Waals surface area contributed by atoms with Crippen LogP contribution in [-0.2, 0) is 16.6 Å². The van der Waals surface area contributed by atoms with Crippen LogP contribution in [0.4, 0.5) is 0 Å². The minimum absolute atomic E-state index is 0.0830. The van der Waals surface area contributed by atoms with Crippen molar-refractivity contribution < 1.29 is 24.5 Å². The molecule has 0 aliphatic carbocycles. The van der Waals surface area contributed by atoms with Gasteiger partial charge in [0.25, 0.3) is 11.8 Å². The monoisotopic (exact) mass is 392 g/mol.